The van der Waals surface area contributed by atoms with Crippen molar-refractivity contribution in [3.63, 3.8) is 0 Å². The summed E-state index contributed by atoms with van der Waals surface area (Å²) in [6.07, 6.45) is 13.3. The Morgan fingerprint density at radius 1 is 0.309 bits per heavy atom. The number of benzene rings is 8. The zero-order chi connectivity index (χ0) is 95.2. The van der Waals surface area contributed by atoms with Crippen molar-refractivity contribution in [1.82, 2.24) is 60.4 Å². The van der Waals surface area contributed by atoms with Gasteiger partial charge in [0, 0.05) is 76.1 Å². The number of piperidine rings is 4. The van der Waals surface area contributed by atoms with Gasteiger partial charge in [0.1, 0.15) is 58.5 Å². The molecule has 14 heterocycles. The lowest BCUT2D eigenvalue weighted by Crippen LogP contribution is -2.34. The summed E-state index contributed by atoms with van der Waals surface area (Å²) in [5, 5.41) is 37.2. The zero-order valence-corrected chi connectivity index (χ0v) is 81.7. The molecular formula is C109H120Cl2N12O16. The molecule has 0 aliphatic carbocycles. The quantitative estimate of drug-likeness (QED) is 0.0378. The van der Waals surface area contributed by atoms with Crippen LogP contribution in [0.1, 0.15) is 197 Å². The number of likely N-dealkylation sites (tertiary alicyclic amines) is 4. The van der Waals surface area contributed by atoms with Crippen molar-refractivity contribution in [3.8, 4) is 92.6 Å². The Bertz CT molecular complexity index is 6770. The van der Waals surface area contributed by atoms with Crippen LogP contribution in [0.3, 0.4) is 0 Å². The highest BCUT2D eigenvalue weighted by atomic mass is 35.5. The molecule has 0 radical (unpaired) electrons. The maximum absolute atomic E-state index is 6.19. The molecular weight excluding hydrogens is 1800 g/mol. The van der Waals surface area contributed by atoms with E-state index in [9.17, 15) is 0 Å². The number of furan rings is 4. The molecule has 6 aliphatic rings. The largest absolute Gasteiger partial charge is 0.493 e. The monoisotopic (exact) mass is 1920 g/mol. The van der Waals surface area contributed by atoms with Crippen molar-refractivity contribution < 1.29 is 73.2 Å². The van der Waals surface area contributed by atoms with Gasteiger partial charge in [-0.3, -0.25) is 0 Å². The van der Waals surface area contributed by atoms with Gasteiger partial charge in [-0.25, -0.2) is 0 Å². The van der Waals surface area contributed by atoms with Gasteiger partial charge in [0.25, 0.3) is 23.6 Å². The Kier molecular flexibility index (Phi) is 30.6. The third-order valence-electron chi connectivity index (χ3n) is 27.0. The van der Waals surface area contributed by atoms with Crippen LogP contribution in [0, 0.1) is 27.7 Å². The molecule has 0 amide bonds. The molecule has 0 N–H and O–H groups in total. The fraction of sp³-hybridized carbons (Fsp3) is 0.413. The van der Waals surface area contributed by atoms with Gasteiger partial charge in [0.15, 0.2) is 46.0 Å². The number of fused-ring (bicyclic) bond motifs is 6. The van der Waals surface area contributed by atoms with Crippen LogP contribution < -0.4 is 37.9 Å². The lowest BCUT2D eigenvalue weighted by molar-refractivity contribution is 0.170. The summed E-state index contributed by atoms with van der Waals surface area (Å²) in [6.45, 7) is 33.2. The second-order valence-electron chi connectivity index (χ2n) is 37.4. The van der Waals surface area contributed by atoms with E-state index in [4.69, 9.17) is 96.4 Å². The van der Waals surface area contributed by atoms with Gasteiger partial charge in [-0.2, -0.15) is 0 Å². The molecule has 0 spiro atoms. The average molecular weight is 1930 g/mol. The number of rotatable bonds is 30. The lowest BCUT2D eigenvalue weighted by Gasteiger charge is -2.32. The van der Waals surface area contributed by atoms with Gasteiger partial charge in [-0.05, 0) is 285 Å². The fourth-order valence-electron chi connectivity index (χ4n) is 19.1. The molecule has 30 heteroatoms. The maximum atomic E-state index is 6.19. The minimum absolute atomic E-state index is 0.170. The molecule has 6 aliphatic heterocycles. The first-order valence-electron chi connectivity index (χ1n) is 49.0. The van der Waals surface area contributed by atoms with Crippen molar-refractivity contribution in [2.24, 2.45) is 0 Å². The van der Waals surface area contributed by atoms with E-state index >= 15 is 0 Å². The van der Waals surface area contributed by atoms with Crippen LogP contribution in [0.15, 0.2) is 205 Å². The highest BCUT2D eigenvalue weighted by molar-refractivity contribution is 6.42. The van der Waals surface area contributed by atoms with Crippen molar-refractivity contribution in [2.45, 2.75) is 168 Å². The summed E-state index contributed by atoms with van der Waals surface area (Å²) in [5.41, 5.74) is 11.3. The number of aromatic nitrogens is 8. The van der Waals surface area contributed by atoms with Gasteiger partial charge in [-0.1, -0.05) is 112 Å². The first kappa shape index (κ1) is 95.2. The van der Waals surface area contributed by atoms with E-state index < -0.39 is 0 Å². The van der Waals surface area contributed by atoms with Gasteiger partial charge in [0.2, 0.25) is 30.4 Å². The minimum Gasteiger partial charge on any atom is -0.493 e. The summed E-state index contributed by atoms with van der Waals surface area (Å²) in [7, 11) is 0. The highest BCUT2D eigenvalue weighted by Gasteiger charge is 2.30. The summed E-state index contributed by atoms with van der Waals surface area (Å²) in [5.74, 6) is 15.5. The number of nitrogens with zero attached hydrogens (tertiary/aromatic N) is 12. The number of ether oxygens (including phenoxy) is 8. The summed E-state index contributed by atoms with van der Waals surface area (Å²) < 4.78 is 93.1. The Balaban J connectivity index is 0.000000118. The summed E-state index contributed by atoms with van der Waals surface area (Å²) >= 11 is 12.2. The number of halogens is 2. The standard InChI is InChI=1S/C29H33N3O5.C29H35N3O3.C26H27N3O5.C25H25Cl2N3O3/c1-19(2)28-30-31-29(37-28)27-18-22-23(5-3-6-24(22)36-27)33-14-4-11-32-12-9-20(10-13-32)21-7-8-25-26(17-21)35-16-15-34-25;1-19(2)28-30-31-29(35-28)27-18-24-25(7-5-8-26(24)34-27)33-16-6-13-32-14-11-22(12-15-32)23-10-9-20(3)21(4)17-23;1-17-27-28-26(33-17)25-15-20-21(4-2-5-22(20)34-25)30-13-3-10-29-11-8-18(9-12-29)19-6-7-23-24(14-19)32-16-31-23;1-16-28-29-25(32-16)24-15-19-22(4-2-5-23(19)33-24)31-13-3-10-30-11-8-17(9-12-30)18-6-7-20(26)21(27)14-18/h3,5-8,17-20H,4,9-16H2,1-2H3;5,7-10,17-19,22H,6,11-16H2,1-4H3;2,4-7,14-15,18H,3,8-13,16H2,1H3;2,4-7,14-15,17H,3,8-13H2,1H3. The lowest BCUT2D eigenvalue weighted by atomic mass is 9.88. The van der Waals surface area contributed by atoms with E-state index in [0.29, 0.717) is 150 Å². The smallest absolute Gasteiger partial charge is 0.283 e. The molecule has 0 saturated carbocycles. The molecule has 16 aromatic rings. The van der Waals surface area contributed by atoms with Crippen molar-refractivity contribution in [1.29, 1.82) is 0 Å². The first-order chi connectivity index (χ1) is 67.9. The van der Waals surface area contributed by atoms with Gasteiger partial charge < -0.3 is 92.8 Å². The van der Waals surface area contributed by atoms with Gasteiger partial charge in [0.05, 0.1) is 58.0 Å². The first-order valence-corrected chi connectivity index (χ1v) is 49.8. The van der Waals surface area contributed by atoms with E-state index in [1.165, 1.54) is 46.2 Å². The van der Waals surface area contributed by atoms with E-state index in [0.717, 1.165) is 233 Å². The number of aryl methyl sites for hydroxylation is 4. The Morgan fingerprint density at radius 2 is 0.626 bits per heavy atom. The van der Waals surface area contributed by atoms with Gasteiger partial charge >= 0.3 is 0 Å². The van der Waals surface area contributed by atoms with Crippen molar-refractivity contribution >= 4 is 67.1 Å². The van der Waals surface area contributed by atoms with Gasteiger partial charge in [-0.15, -0.1) is 40.8 Å². The minimum atomic E-state index is 0.170. The zero-order valence-electron chi connectivity index (χ0n) is 80.2. The number of hydrogen-bond acceptors (Lipinski definition) is 28. The molecule has 8 aromatic heterocycles. The molecule has 0 bridgehead atoms. The van der Waals surface area contributed by atoms with E-state index in [1.54, 1.807) is 13.8 Å². The molecule has 726 valence electrons. The molecule has 139 heavy (non-hydrogen) atoms. The normalized spacial score (nSPS) is 15.9. The van der Waals surface area contributed by atoms with Crippen LogP contribution in [-0.2, 0) is 0 Å². The molecule has 0 atom stereocenters. The van der Waals surface area contributed by atoms with Crippen LogP contribution >= 0.6 is 23.2 Å². The Hall–Kier alpha value is -12.7. The maximum Gasteiger partial charge on any atom is 0.283 e. The third kappa shape index (κ3) is 23.6. The average Bonchev–Trinajstić information content (AvgIpc) is 1.63. The second kappa shape index (κ2) is 44.6. The van der Waals surface area contributed by atoms with E-state index in [1.807, 2.05) is 143 Å². The highest BCUT2D eigenvalue weighted by Crippen LogP contribution is 2.44. The SMILES string of the molecule is CC(C)c1nnc(-c2cc3c(OCCCN4CCC(c5ccc6c(c5)OCCO6)CC4)cccc3o2)o1.Cc1ccc(C2CCN(CCCOc3cccc4oc(-c5nnc(C(C)C)o5)cc34)CC2)cc1C.Cc1nnc(-c2cc3c(OCCCN4CCC(c5ccc(Cl)c(Cl)c5)CC4)cccc3o2)o1.Cc1nnc(-c2cc3c(OCCCN4CCC(c5ccc6c(c5)OCO6)CC4)cccc3o2)o1. The molecule has 4 fully saturated rings. The third-order valence-corrected chi connectivity index (χ3v) is 27.8. The Labute approximate surface area is 818 Å². The van der Waals surface area contributed by atoms with Crippen LogP contribution in [0.4, 0.5) is 0 Å². The molecule has 8 aromatic carbocycles. The van der Waals surface area contributed by atoms with Crippen molar-refractivity contribution in [2.75, 3.05) is 125 Å². The summed E-state index contributed by atoms with van der Waals surface area (Å²) in [4.78, 5) is 10.1. The van der Waals surface area contributed by atoms with Crippen LogP contribution in [0.5, 0.6) is 46.0 Å². The van der Waals surface area contributed by atoms with E-state index in [-0.39, 0.29) is 11.8 Å². The van der Waals surface area contributed by atoms with Crippen LogP contribution in [0.2, 0.25) is 10.0 Å². The Morgan fingerprint density at radius 3 is 0.971 bits per heavy atom. The fourth-order valence-corrected chi connectivity index (χ4v) is 19.4. The van der Waals surface area contributed by atoms with E-state index in [2.05, 4.69) is 129 Å². The van der Waals surface area contributed by atoms with Crippen molar-refractivity contribution in [3.05, 3.63) is 237 Å². The second-order valence-corrected chi connectivity index (χ2v) is 38.2. The number of hydrogen-bond donors (Lipinski definition) is 0. The molecule has 4 saturated heterocycles. The van der Waals surface area contributed by atoms with Crippen LogP contribution in [0.25, 0.3) is 90.5 Å². The molecule has 28 nitrogen and oxygen atoms in total. The molecule has 22 rings (SSSR count). The summed E-state index contributed by atoms with van der Waals surface area (Å²) in [6, 6.07) is 56.8. The predicted molar refractivity (Wildman–Crippen MR) is 532 cm³/mol. The predicted octanol–water partition coefficient (Wildman–Crippen LogP) is 24.8. The molecule has 0 unspecified atom stereocenters. The topological polar surface area (TPSA) is 295 Å². The van der Waals surface area contributed by atoms with Crippen LogP contribution in [-0.4, -0.2) is 185 Å².